The molecule has 1 aliphatic rings. The summed E-state index contributed by atoms with van der Waals surface area (Å²) in [6.45, 7) is 4.30. The molecule has 0 saturated heterocycles. The molecule has 0 radical (unpaired) electrons. The summed E-state index contributed by atoms with van der Waals surface area (Å²) in [5.41, 5.74) is 2.41. The molecule has 4 N–H and O–H groups in total. The van der Waals surface area contributed by atoms with E-state index in [9.17, 15) is 0 Å². The molecular weight excluding hydrogens is 256 g/mol. The van der Waals surface area contributed by atoms with E-state index in [1.165, 1.54) is 12.8 Å². The maximum Gasteiger partial charge on any atom is 0.257 e. The molecule has 0 aliphatic heterocycles. The van der Waals surface area contributed by atoms with E-state index in [2.05, 4.69) is 44.6 Å². The Morgan fingerprint density at radius 3 is 2.60 bits per heavy atom. The topological polar surface area (TPSA) is 107 Å². The second kappa shape index (κ2) is 4.71. The highest BCUT2D eigenvalue weighted by Crippen LogP contribution is 2.40. The van der Waals surface area contributed by atoms with Crippen LogP contribution in [0.2, 0.25) is 0 Å². The van der Waals surface area contributed by atoms with Gasteiger partial charge in [0.2, 0.25) is 11.9 Å². The summed E-state index contributed by atoms with van der Waals surface area (Å²) < 4.78 is 1.57. The number of nitrogen functional groups attached to an aromatic ring is 1. The van der Waals surface area contributed by atoms with Crippen LogP contribution in [0.4, 0.5) is 11.9 Å². The van der Waals surface area contributed by atoms with Crippen LogP contribution in [0.5, 0.6) is 0 Å². The molecule has 8 nitrogen and oxygen atoms in total. The molecule has 2 aromatic heterocycles. The molecule has 1 fully saturated rings. The van der Waals surface area contributed by atoms with Crippen LogP contribution >= 0.6 is 0 Å². The van der Waals surface area contributed by atoms with E-state index < -0.39 is 0 Å². The zero-order valence-corrected chi connectivity index (χ0v) is 11.5. The molecule has 1 aliphatic carbocycles. The Morgan fingerprint density at radius 2 is 2.00 bits per heavy atom. The lowest BCUT2D eigenvalue weighted by atomic mass is 9.99. The number of nitrogens with zero attached hydrogens (tertiary/aromatic N) is 5. The molecule has 2 heterocycles. The lowest BCUT2D eigenvalue weighted by Crippen LogP contribution is -2.34. The van der Waals surface area contributed by atoms with E-state index >= 15 is 0 Å². The van der Waals surface area contributed by atoms with Gasteiger partial charge in [0, 0.05) is 17.9 Å². The minimum absolute atomic E-state index is 0.0470. The van der Waals surface area contributed by atoms with Crippen molar-refractivity contribution >= 4 is 11.9 Å². The molecule has 1 saturated carbocycles. The van der Waals surface area contributed by atoms with Crippen LogP contribution < -0.4 is 16.6 Å². The Bertz CT molecular complexity index is 588. The van der Waals surface area contributed by atoms with Crippen molar-refractivity contribution in [1.82, 2.24) is 24.7 Å². The molecule has 2 aromatic rings. The summed E-state index contributed by atoms with van der Waals surface area (Å²) in [7, 11) is 0. The summed E-state index contributed by atoms with van der Waals surface area (Å²) in [4.78, 5) is 12.8. The van der Waals surface area contributed by atoms with Crippen molar-refractivity contribution in [3.8, 4) is 5.95 Å². The first kappa shape index (κ1) is 12.8. The van der Waals surface area contributed by atoms with Gasteiger partial charge in [0.05, 0.1) is 0 Å². The molecule has 0 aromatic carbocycles. The predicted octanol–water partition coefficient (Wildman–Crippen LogP) is 0.943. The molecule has 20 heavy (non-hydrogen) atoms. The summed E-state index contributed by atoms with van der Waals surface area (Å²) in [5, 5.41) is 7.47. The fourth-order valence-corrected chi connectivity index (χ4v) is 2.17. The molecule has 8 heteroatoms. The Kier molecular flexibility index (Phi) is 3.01. The quantitative estimate of drug-likeness (QED) is 0.550. The summed E-state index contributed by atoms with van der Waals surface area (Å²) in [6.07, 6.45) is 5.91. The highest BCUT2D eigenvalue weighted by atomic mass is 15.4. The van der Waals surface area contributed by atoms with E-state index in [0.29, 0.717) is 23.8 Å². The Labute approximate surface area is 116 Å². The maximum absolute atomic E-state index is 5.42. The highest BCUT2D eigenvalue weighted by molar-refractivity contribution is 5.39. The van der Waals surface area contributed by atoms with Crippen molar-refractivity contribution in [2.45, 2.75) is 32.2 Å². The van der Waals surface area contributed by atoms with Crippen LogP contribution in [0, 0.1) is 5.92 Å². The third-order valence-electron chi connectivity index (χ3n) is 3.49. The second-order valence-corrected chi connectivity index (χ2v) is 5.50. The first-order chi connectivity index (χ1) is 9.58. The van der Waals surface area contributed by atoms with E-state index in [-0.39, 0.29) is 5.54 Å². The van der Waals surface area contributed by atoms with Gasteiger partial charge in [-0.1, -0.05) is 0 Å². The van der Waals surface area contributed by atoms with Crippen LogP contribution in [0.3, 0.4) is 0 Å². The van der Waals surface area contributed by atoms with Crippen molar-refractivity contribution in [2.75, 3.05) is 10.7 Å². The van der Waals surface area contributed by atoms with Gasteiger partial charge in [-0.25, -0.2) is 10.5 Å². The lowest BCUT2D eigenvalue weighted by molar-refractivity contribution is 0.489. The minimum Gasteiger partial charge on any atom is -0.349 e. The first-order valence-corrected chi connectivity index (χ1v) is 6.59. The van der Waals surface area contributed by atoms with Crippen molar-refractivity contribution < 1.29 is 0 Å². The lowest BCUT2D eigenvalue weighted by Gasteiger charge is -2.26. The minimum atomic E-state index is -0.0470. The molecule has 0 bridgehead atoms. The Balaban J connectivity index is 1.92. The smallest absolute Gasteiger partial charge is 0.257 e. The monoisotopic (exact) mass is 274 g/mol. The van der Waals surface area contributed by atoms with Crippen LogP contribution in [-0.4, -0.2) is 30.3 Å². The van der Waals surface area contributed by atoms with Crippen LogP contribution in [0.25, 0.3) is 5.95 Å². The Morgan fingerprint density at radius 1 is 1.25 bits per heavy atom. The number of aromatic nitrogens is 5. The maximum atomic E-state index is 5.42. The summed E-state index contributed by atoms with van der Waals surface area (Å²) in [6, 6.07) is 1.81. The van der Waals surface area contributed by atoms with Crippen molar-refractivity contribution in [3.63, 3.8) is 0 Å². The van der Waals surface area contributed by atoms with Gasteiger partial charge in [-0.2, -0.15) is 20.1 Å². The fraction of sp³-hybridized carbons (Fsp3) is 0.500. The van der Waals surface area contributed by atoms with Gasteiger partial charge in [0.25, 0.3) is 5.95 Å². The fourth-order valence-electron chi connectivity index (χ4n) is 2.17. The zero-order chi connectivity index (χ0) is 14.2. The number of nitrogens with one attached hydrogen (secondary N) is 2. The molecule has 3 rings (SSSR count). The van der Waals surface area contributed by atoms with Crippen LogP contribution in [-0.2, 0) is 0 Å². The van der Waals surface area contributed by atoms with Gasteiger partial charge in [0.15, 0.2) is 0 Å². The number of rotatable bonds is 5. The predicted molar refractivity (Wildman–Crippen MR) is 75.2 cm³/mol. The third kappa shape index (κ3) is 2.55. The number of hydrazine groups is 1. The first-order valence-electron chi connectivity index (χ1n) is 6.59. The van der Waals surface area contributed by atoms with Crippen molar-refractivity contribution in [1.29, 1.82) is 0 Å². The van der Waals surface area contributed by atoms with E-state index in [0.717, 1.165) is 0 Å². The summed E-state index contributed by atoms with van der Waals surface area (Å²) >= 11 is 0. The van der Waals surface area contributed by atoms with Gasteiger partial charge in [-0.05, 0) is 38.7 Å². The highest BCUT2D eigenvalue weighted by Gasteiger charge is 2.38. The average Bonchev–Trinajstić information content (AvgIpc) is 3.15. The van der Waals surface area contributed by atoms with Crippen LogP contribution in [0.1, 0.15) is 26.7 Å². The van der Waals surface area contributed by atoms with Gasteiger partial charge < -0.3 is 5.32 Å². The third-order valence-corrected chi connectivity index (χ3v) is 3.49. The molecule has 0 unspecified atom stereocenters. The largest absolute Gasteiger partial charge is 0.349 e. The van der Waals surface area contributed by atoms with E-state index in [4.69, 9.17) is 5.84 Å². The molecule has 0 spiro atoms. The number of nitrogens with two attached hydrogens (primary N) is 1. The molecule has 0 atom stereocenters. The zero-order valence-electron chi connectivity index (χ0n) is 11.5. The second-order valence-electron chi connectivity index (χ2n) is 5.50. The normalized spacial score (nSPS) is 15.2. The summed E-state index contributed by atoms with van der Waals surface area (Å²) in [5.74, 6) is 7.30. The van der Waals surface area contributed by atoms with E-state index in [1.807, 2.05) is 0 Å². The van der Waals surface area contributed by atoms with Gasteiger partial charge in [0.1, 0.15) is 0 Å². The standard InChI is InChI=1S/C12H18N8/c1-12(2,8-4-5-8)18-9-15-10(19-13)17-11(16-9)20-7-3-6-14-20/h3,6-8H,4-5,13H2,1-2H3,(H2,15,16,17,18,19). The number of hydrogen-bond acceptors (Lipinski definition) is 7. The molecular formula is C12H18N8. The van der Waals surface area contributed by atoms with E-state index in [1.54, 1.807) is 23.1 Å². The Hall–Kier alpha value is -2.22. The number of hydrogen-bond donors (Lipinski definition) is 3. The SMILES string of the molecule is CC(C)(Nc1nc(NN)nc(-n2cccn2)n1)C1CC1. The van der Waals surface area contributed by atoms with Gasteiger partial charge in [-0.15, -0.1) is 0 Å². The molecule has 0 amide bonds. The van der Waals surface area contributed by atoms with Crippen LogP contribution in [0.15, 0.2) is 18.5 Å². The van der Waals surface area contributed by atoms with Gasteiger partial charge >= 0.3 is 0 Å². The average molecular weight is 274 g/mol. The molecule has 106 valence electrons. The van der Waals surface area contributed by atoms with Crippen molar-refractivity contribution in [2.24, 2.45) is 11.8 Å². The van der Waals surface area contributed by atoms with Gasteiger partial charge in [-0.3, -0.25) is 5.43 Å². The van der Waals surface area contributed by atoms with Crippen molar-refractivity contribution in [3.05, 3.63) is 18.5 Å². The number of anilines is 2.